The van der Waals surface area contributed by atoms with Crippen LogP contribution < -0.4 is 0 Å². The van der Waals surface area contributed by atoms with Crippen molar-refractivity contribution in [2.24, 2.45) is 0 Å². The molecular formula is C15H11ClO2. The van der Waals surface area contributed by atoms with Crippen LogP contribution in [-0.2, 0) is 0 Å². The fourth-order valence-electron chi connectivity index (χ4n) is 1.50. The Balaban J connectivity index is 2.14. The highest BCUT2D eigenvalue weighted by molar-refractivity contribution is 6.30. The van der Waals surface area contributed by atoms with Gasteiger partial charge in [0.05, 0.1) is 0 Å². The van der Waals surface area contributed by atoms with Crippen molar-refractivity contribution in [1.82, 2.24) is 0 Å². The van der Waals surface area contributed by atoms with E-state index in [1.54, 1.807) is 30.3 Å². The first kappa shape index (κ1) is 12.4. The Hall–Kier alpha value is -2.06. The van der Waals surface area contributed by atoms with E-state index in [2.05, 4.69) is 0 Å². The molecule has 2 aromatic rings. The van der Waals surface area contributed by atoms with Gasteiger partial charge in [0, 0.05) is 10.6 Å². The van der Waals surface area contributed by atoms with Gasteiger partial charge in [0.25, 0.3) is 0 Å². The van der Waals surface area contributed by atoms with Crippen LogP contribution in [0.1, 0.15) is 15.9 Å². The van der Waals surface area contributed by atoms with Crippen molar-refractivity contribution >= 4 is 23.5 Å². The number of benzene rings is 2. The van der Waals surface area contributed by atoms with Gasteiger partial charge in [0.15, 0.2) is 5.78 Å². The number of halogens is 1. The summed E-state index contributed by atoms with van der Waals surface area (Å²) in [6, 6.07) is 13.4. The second-order valence-corrected chi connectivity index (χ2v) is 4.24. The van der Waals surface area contributed by atoms with Crippen LogP contribution >= 0.6 is 11.6 Å². The van der Waals surface area contributed by atoms with E-state index < -0.39 is 0 Å². The largest absolute Gasteiger partial charge is 0.508 e. The maximum absolute atomic E-state index is 11.8. The van der Waals surface area contributed by atoms with E-state index in [0.717, 1.165) is 5.56 Å². The highest BCUT2D eigenvalue weighted by Gasteiger charge is 2.01. The third kappa shape index (κ3) is 3.22. The van der Waals surface area contributed by atoms with Crippen LogP contribution in [0.25, 0.3) is 6.08 Å². The minimum absolute atomic E-state index is 0.0840. The third-order valence-corrected chi connectivity index (χ3v) is 2.68. The second-order valence-electron chi connectivity index (χ2n) is 3.80. The molecule has 1 N–H and O–H groups in total. The summed E-state index contributed by atoms with van der Waals surface area (Å²) in [5.41, 5.74) is 1.35. The average Bonchev–Trinajstić information content (AvgIpc) is 2.38. The molecule has 18 heavy (non-hydrogen) atoms. The highest BCUT2D eigenvalue weighted by atomic mass is 35.5. The van der Waals surface area contributed by atoms with Crippen molar-refractivity contribution in [2.45, 2.75) is 0 Å². The van der Waals surface area contributed by atoms with Gasteiger partial charge in [0.2, 0.25) is 0 Å². The minimum atomic E-state index is -0.152. The molecule has 0 saturated carbocycles. The fourth-order valence-corrected chi connectivity index (χ4v) is 1.63. The van der Waals surface area contributed by atoms with Gasteiger partial charge in [-0.15, -0.1) is 0 Å². The molecule has 0 atom stereocenters. The van der Waals surface area contributed by atoms with Gasteiger partial charge in [-0.25, -0.2) is 0 Å². The Morgan fingerprint density at radius 1 is 1.11 bits per heavy atom. The molecular weight excluding hydrogens is 248 g/mol. The minimum Gasteiger partial charge on any atom is -0.508 e. The number of hydrogen-bond acceptors (Lipinski definition) is 2. The fraction of sp³-hybridized carbons (Fsp3) is 0. The summed E-state index contributed by atoms with van der Waals surface area (Å²) in [5.74, 6) is -0.0680. The van der Waals surface area contributed by atoms with Crippen LogP contribution in [0, 0.1) is 0 Å². The van der Waals surface area contributed by atoms with Gasteiger partial charge in [-0.2, -0.15) is 0 Å². The molecule has 0 unspecified atom stereocenters. The molecule has 0 saturated heterocycles. The molecule has 3 heteroatoms. The van der Waals surface area contributed by atoms with Gasteiger partial charge in [-0.05, 0) is 35.9 Å². The number of rotatable bonds is 3. The normalized spacial score (nSPS) is 10.7. The van der Waals surface area contributed by atoms with E-state index >= 15 is 0 Å². The van der Waals surface area contributed by atoms with Crippen molar-refractivity contribution in [2.75, 3.05) is 0 Å². The van der Waals surface area contributed by atoms with Crippen molar-refractivity contribution in [3.63, 3.8) is 0 Å². The van der Waals surface area contributed by atoms with Crippen LogP contribution in [0.5, 0.6) is 5.75 Å². The predicted octanol–water partition coefficient (Wildman–Crippen LogP) is 3.94. The van der Waals surface area contributed by atoms with E-state index in [-0.39, 0.29) is 11.5 Å². The first-order valence-corrected chi connectivity index (χ1v) is 5.80. The number of hydrogen-bond donors (Lipinski definition) is 1. The summed E-state index contributed by atoms with van der Waals surface area (Å²) in [4.78, 5) is 11.8. The number of aromatic hydroxyl groups is 1. The SMILES string of the molecule is O=C(/C=C/c1ccc(Cl)cc1)c1cccc(O)c1. The third-order valence-electron chi connectivity index (χ3n) is 2.43. The van der Waals surface area contributed by atoms with Crippen LogP contribution in [0.2, 0.25) is 5.02 Å². The number of ketones is 1. The highest BCUT2D eigenvalue weighted by Crippen LogP contribution is 2.14. The molecule has 0 spiro atoms. The van der Waals surface area contributed by atoms with Crippen molar-refractivity contribution < 1.29 is 9.90 Å². The summed E-state index contributed by atoms with van der Waals surface area (Å²) >= 11 is 5.77. The van der Waals surface area contributed by atoms with Crippen LogP contribution in [0.3, 0.4) is 0 Å². The lowest BCUT2D eigenvalue weighted by molar-refractivity contribution is 0.104. The number of phenols is 1. The first-order valence-electron chi connectivity index (χ1n) is 5.42. The van der Waals surface area contributed by atoms with Crippen molar-refractivity contribution in [3.05, 3.63) is 70.8 Å². The van der Waals surface area contributed by atoms with Gasteiger partial charge in [0.1, 0.15) is 5.75 Å². The van der Waals surface area contributed by atoms with Gasteiger partial charge >= 0.3 is 0 Å². The number of phenolic OH excluding ortho intramolecular Hbond substituents is 1. The maximum Gasteiger partial charge on any atom is 0.185 e. The molecule has 0 heterocycles. The average molecular weight is 259 g/mol. The van der Waals surface area contributed by atoms with Gasteiger partial charge in [-0.1, -0.05) is 41.9 Å². The lowest BCUT2D eigenvalue weighted by atomic mass is 10.1. The Morgan fingerprint density at radius 3 is 2.50 bits per heavy atom. The number of carbonyl (C=O) groups excluding carboxylic acids is 1. The van der Waals surface area contributed by atoms with E-state index in [4.69, 9.17) is 11.6 Å². The molecule has 0 aliphatic heterocycles. The molecule has 2 aromatic carbocycles. The molecule has 90 valence electrons. The van der Waals surface area contributed by atoms with E-state index in [0.29, 0.717) is 10.6 Å². The van der Waals surface area contributed by atoms with Crippen molar-refractivity contribution in [1.29, 1.82) is 0 Å². The van der Waals surface area contributed by atoms with Crippen LogP contribution in [0.15, 0.2) is 54.6 Å². The van der Waals surface area contributed by atoms with Crippen LogP contribution in [0.4, 0.5) is 0 Å². The van der Waals surface area contributed by atoms with E-state index in [9.17, 15) is 9.90 Å². The lowest BCUT2D eigenvalue weighted by Gasteiger charge is -1.97. The van der Waals surface area contributed by atoms with Crippen molar-refractivity contribution in [3.8, 4) is 5.75 Å². The zero-order valence-corrected chi connectivity index (χ0v) is 10.3. The standard InChI is InChI=1S/C15H11ClO2/c16-13-7-4-11(5-8-13)6-9-15(18)12-2-1-3-14(17)10-12/h1-10,17H/b9-6+. The van der Waals surface area contributed by atoms with E-state index in [1.165, 1.54) is 18.2 Å². The van der Waals surface area contributed by atoms with Gasteiger partial charge in [-0.3, -0.25) is 4.79 Å². The predicted molar refractivity (Wildman–Crippen MR) is 72.9 cm³/mol. The summed E-state index contributed by atoms with van der Waals surface area (Å²) in [6.07, 6.45) is 3.18. The Bertz CT molecular complexity index is 586. The topological polar surface area (TPSA) is 37.3 Å². The molecule has 0 fully saturated rings. The molecule has 2 rings (SSSR count). The van der Waals surface area contributed by atoms with E-state index in [1.807, 2.05) is 12.1 Å². The molecule has 2 nitrogen and oxygen atoms in total. The maximum atomic E-state index is 11.8. The molecule has 0 radical (unpaired) electrons. The first-order chi connectivity index (χ1) is 8.65. The summed E-state index contributed by atoms with van der Waals surface area (Å²) in [6.45, 7) is 0. The summed E-state index contributed by atoms with van der Waals surface area (Å²) in [7, 11) is 0. The second kappa shape index (κ2) is 5.52. The summed E-state index contributed by atoms with van der Waals surface area (Å²) in [5, 5.41) is 9.95. The molecule has 0 bridgehead atoms. The number of carbonyl (C=O) groups is 1. The molecule has 0 aromatic heterocycles. The molecule has 0 aliphatic carbocycles. The van der Waals surface area contributed by atoms with Gasteiger partial charge < -0.3 is 5.11 Å². The smallest absolute Gasteiger partial charge is 0.185 e. The number of allylic oxidation sites excluding steroid dienone is 1. The molecule has 0 amide bonds. The van der Waals surface area contributed by atoms with Crippen LogP contribution in [-0.4, -0.2) is 10.9 Å². The Kier molecular flexibility index (Phi) is 3.80. The summed E-state index contributed by atoms with van der Waals surface area (Å²) < 4.78 is 0. The zero-order valence-electron chi connectivity index (χ0n) is 9.51. The quantitative estimate of drug-likeness (QED) is 0.669. The molecule has 0 aliphatic rings. The Morgan fingerprint density at radius 2 is 1.83 bits per heavy atom. The lowest BCUT2D eigenvalue weighted by Crippen LogP contribution is -1.93. The monoisotopic (exact) mass is 258 g/mol. The zero-order chi connectivity index (χ0) is 13.0. The Labute approximate surface area is 110 Å².